The molecule has 2 amide bonds. The topological polar surface area (TPSA) is 49.4 Å². The molecule has 0 radical (unpaired) electrons. The van der Waals surface area contributed by atoms with Crippen LogP contribution in [0.25, 0.3) is 0 Å². The van der Waals surface area contributed by atoms with Crippen LogP contribution in [0.2, 0.25) is 0 Å². The number of nitrogens with zero attached hydrogens (tertiary/aromatic N) is 1. The van der Waals surface area contributed by atoms with Gasteiger partial charge in [-0.05, 0) is 62.6 Å². The Bertz CT molecular complexity index is 795. The van der Waals surface area contributed by atoms with Gasteiger partial charge in [0.1, 0.15) is 0 Å². The number of carbonyl (C=O) groups excluding carboxylic acids is 2. The Balaban J connectivity index is 2.04. The number of benzene rings is 2. The Morgan fingerprint density at radius 2 is 1.57 bits per heavy atom. The van der Waals surface area contributed by atoms with Gasteiger partial charge in [0.05, 0.1) is 0 Å². The first-order valence-corrected chi connectivity index (χ1v) is 10.6. The Labute approximate surface area is 176 Å². The van der Waals surface area contributed by atoms with Gasteiger partial charge < -0.3 is 10.2 Å². The van der Waals surface area contributed by atoms with Crippen LogP contribution in [0.15, 0.2) is 53.0 Å². The van der Waals surface area contributed by atoms with E-state index in [9.17, 15) is 9.59 Å². The fraction of sp³-hybridized carbons (Fsp3) is 0.391. The molecule has 0 aliphatic heterocycles. The molecule has 2 aromatic rings. The maximum absolute atomic E-state index is 13.0. The number of amides is 2. The van der Waals surface area contributed by atoms with Crippen LogP contribution in [0.3, 0.4) is 0 Å². The molecule has 0 saturated carbocycles. The summed E-state index contributed by atoms with van der Waals surface area (Å²) in [6.45, 7) is 8.81. The zero-order valence-corrected chi connectivity index (χ0v) is 18.6. The van der Waals surface area contributed by atoms with Crippen LogP contribution in [0.5, 0.6) is 0 Å². The van der Waals surface area contributed by atoms with Crippen LogP contribution in [-0.4, -0.2) is 28.8 Å². The highest BCUT2D eigenvalue weighted by Crippen LogP contribution is 2.17. The molecule has 5 heteroatoms. The first-order chi connectivity index (χ1) is 13.4. The van der Waals surface area contributed by atoms with Crippen molar-refractivity contribution in [3.05, 3.63) is 69.7 Å². The molecule has 28 heavy (non-hydrogen) atoms. The zero-order valence-electron chi connectivity index (χ0n) is 17.0. The van der Waals surface area contributed by atoms with E-state index in [4.69, 9.17) is 0 Å². The van der Waals surface area contributed by atoms with E-state index in [0.29, 0.717) is 17.7 Å². The Kier molecular flexibility index (Phi) is 8.24. The Hall–Kier alpha value is -2.14. The third kappa shape index (κ3) is 5.68. The summed E-state index contributed by atoms with van der Waals surface area (Å²) in [7, 11) is 0. The van der Waals surface area contributed by atoms with E-state index in [1.165, 1.54) is 0 Å². The Morgan fingerprint density at radius 3 is 2.11 bits per heavy atom. The normalized spacial score (nSPS) is 12.9. The van der Waals surface area contributed by atoms with Crippen molar-refractivity contribution in [3.63, 3.8) is 0 Å². The second kappa shape index (κ2) is 10.4. The van der Waals surface area contributed by atoms with E-state index in [0.717, 1.165) is 22.9 Å². The predicted molar refractivity (Wildman–Crippen MR) is 117 cm³/mol. The maximum Gasteiger partial charge on any atom is 0.254 e. The van der Waals surface area contributed by atoms with Crippen LogP contribution < -0.4 is 5.32 Å². The molecule has 1 N–H and O–H groups in total. The van der Waals surface area contributed by atoms with Crippen molar-refractivity contribution in [2.24, 2.45) is 0 Å². The van der Waals surface area contributed by atoms with Crippen LogP contribution >= 0.6 is 15.9 Å². The average Bonchev–Trinajstić information content (AvgIpc) is 2.72. The summed E-state index contributed by atoms with van der Waals surface area (Å²) in [5.41, 5.74) is 2.25. The van der Waals surface area contributed by atoms with Crippen molar-refractivity contribution in [2.45, 2.75) is 59.2 Å². The lowest BCUT2D eigenvalue weighted by atomic mass is 10.1. The van der Waals surface area contributed by atoms with Gasteiger partial charge in [-0.1, -0.05) is 48.0 Å². The number of carbonyl (C=O) groups is 2. The van der Waals surface area contributed by atoms with Crippen molar-refractivity contribution >= 4 is 27.7 Å². The average molecular weight is 445 g/mol. The molecule has 0 aliphatic carbocycles. The van der Waals surface area contributed by atoms with Crippen LogP contribution in [0.1, 0.15) is 66.8 Å². The number of rotatable bonds is 8. The quantitative estimate of drug-likeness (QED) is 0.590. The van der Waals surface area contributed by atoms with E-state index < -0.39 is 0 Å². The van der Waals surface area contributed by atoms with Crippen LogP contribution in [0, 0.1) is 0 Å². The standard InChI is InChI=1S/C23H29BrN2O2/c1-5-16(3)26(17(4)6-2)23(28)19-12-10-18(11-13-19)15-25-22(27)20-8-7-9-21(24)14-20/h7-14,16-17H,5-6,15H2,1-4H3,(H,25,27). The number of hydrogen-bond acceptors (Lipinski definition) is 2. The summed E-state index contributed by atoms with van der Waals surface area (Å²) in [4.78, 5) is 27.2. The molecule has 0 spiro atoms. The van der Waals surface area contributed by atoms with E-state index in [2.05, 4.69) is 48.9 Å². The van der Waals surface area contributed by atoms with E-state index >= 15 is 0 Å². The van der Waals surface area contributed by atoms with Crippen LogP contribution in [-0.2, 0) is 6.54 Å². The molecule has 2 atom stereocenters. The molecular formula is C23H29BrN2O2. The first-order valence-electron chi connectivity index (χ1n) is 9.82. The molecule has 0 fully saturated rings. The molecule has 0 bridgehead atoms. The molecule has 2 aromatic carbocycles. The highest BCUT2D eigenvalue weighted by molar-refractivity contribution is 9.10. The molecule has 0 aliphatic rings. The minimum atomic E-state index is -0.124. The second-order valence-corrected chi connectivity index (χ2v) is 8.03. The van der Waals surface area contributed by atoms with Crippen molar-refractivity contribution in [1.82, 2.24) is 10.2 Å². The van der Waals surface area contributed by atoms with Gasteiger partial charge in [-0.15, -0.1) is 0 Å². The lowest BCUT2D eigenvalue weighted by Crippen LogP contribution is -2.44. The fourth-order valence-corrected chi connectivity index (χ4v) is 3.46. The lowest BCUT2D eigenvalue weighted by Gasteiger charge is -2.34. The highest BCUT2D eigenvalue weighted by atomic mass is 79.9. The van der Waals surface area contributed by atoms with Crippen molar-refractivity contribution in [1.29, 1.82) is 0 Å². The summed E-state index contributed by atoms with van der Waals surface area (Å²) in [5, 5.41) is 2.91. The van der Waals surface area contributed by atoms with E-state index in [-0.39, 0.29) is 23.9 Å². The van der Waals surface area contributed by atoms with Gasteiger partial charge in [-0.3, -0.25) is 9.59 Å². The minimum Gasteiger partial charge on any atom is -0.348 e. The molecule has 4 nitrogen and oxygen atoms in total. The minimum absolute atomic E-state index is 0.0634. The predicted octanol–water partition coefficient (Wildman–Crippen LogP) is 5.42. The summed E-state index contributed by atoms with van der Waals surface area (Å²) in [6.07, 6.45) is 1.85. The molecule has 0 saturated heterocycles. The van der Waals surface area contributed by atoms with Gasteiger partial charge in [0.2, 0.25) is 0 Å². The van der Waals surface area contributed by atoms with E-state index in [1.807, 2.05) is 41.3 Å². The highest BCUT2D eigenvalue weighted by Gasteiger charge is 2.24. The monoisotopic (exact) mass is 444 g/mol. The summed E-state index contributed by atoms with van der Waals surface area (Å²) >= 11 is 3.37. The molecule has 2 rings (SSSR count). The SMILES string of the molecule is CCC(C)N(C(=O)c1ccc(CNC(=O)c2cccc(Br)c2)cc1)C(C)CC. The molecular weight excluding hydrogens is 416 g/mol. The van der Waals surface area contributed by atoms with Crippen molar-refractivity contribution < 1.29 is 9.59 Å². The summed E-state index contributed by atoms with van der Waals surface area (Å²) in [6, 6.07) is 15.2. The second-order valence-electron chi connectivity index (χ2n) is 7.12. The first kappa shape index (κ1) is 22.2. The van der Waals surface area contributed by atoms with Gasteiger partial charge in [0.15, 0.2) is 0 Å². The van der Waals surface area contributed by atoms with E-state index in [1.54, 1.807) is 12.1 Å². The number of nitrogens with one attached hydrogen (secondary N) is 1. The van der Waals surface area contributed by atoms with Gasteiger partial charge in [-0.2, -0.15) is 0 Å². The van der Waals surface area contributed by atoms with Gasteiger partial charge in [0.25, 0.3) is 11.8 Å². The molecule has 2 unspecified atom stereocenters. The molecule has 0 heterocycles. The zero-order chi connectivity index (χ0) is 20.7. The third-order valence-corrected chi connectivity index (χ3v) is 5.60. The van der Waals surface area contributed by atoms with Gasteiger partial charge in [0, 0.05) is 34.2 Å². The maximum atomic E-state index is 13.0. The number of halogens is 1. The Morgan fingerprint density at radius 1 is 0.964 bits per heavy atom. The van der Waals surface area contributed by atoms with Crippen LogP contribution in [0.4, 0.5) is 0 Å². The number of hydrogen-bond donors (Lipinski definition) is 1. The molecule has 0 aromatic heterocycles. The van der Waals surface area contributed by atoms with Gasteiger partial charge >= 0.3 is 0 Å². The van der Waals surface area contributed by atoms with Gasteiger partial charge in [-0.25, -0.2) is 0 Å². The fourth-order valence-electron chi connectivity index (χ4n) is 3.06. The summed E-state index contributed by atoms with van der Waals surface area (Å²) < 4.78 is 0.871. The smallest absolute Gasteiger partial charge is 0.254 e. The summed E-state index contributed by atoms with van der Waals surface area (Å²) in [5.74, 6) is -0.0606. The molecule has 150 valence electrons. The largest absolute Gasteiger partial charge is 0.348 e. The van der Waals surface area contributed by atoms with Crippen molar-refractivity contribution in [3.8, 4) is 0 Å². The van der Waals surface area contributed by atoms with Crippen molar-refractivity contribution in [2.75, 3.05) is 0 Å². The lowest BCUT2D eigenvalue weighted by molar-refractivity contribution is 0.0598. The third-order valence-electron chi connectivity index (χ3n) is 5.11.